The summed E-state index contributed by atoms with van der Waals surface area (Å²) in [6, 6.07) is 11.3. The van der Waals surface area contributed by atoms with Crippen LogP contribution < -0.4 is 25.4 Å². The van der Waals surface area contributed by atoms with E-state index in [1.165, 1.54) is 6.20 Å². The Morgan fingerprint density at radius 2 is 2.11 bits per heavy atom. The fraction of sp³-hybridized carbons (Fsp3) is 0.370. The fourth-order valence-electron chi connectivity index (χ4n) is 4.79. The quantitative estimate of drug-likeness (QED) is 0.456. The van der Waals surface area contributed by atoms with Crippen LogP contribution in [0.15, 0.2) is 36.5 Å². The molecule has 0 atom stereocenters. The van der Waals surface area contributed by atoms with Gasteiger partial charge in [-0.2, -0.15) is 5.26 Å². The summed E-state index contributed by atoms with van der Waals surface area (Å²) < 4.78 is 16.6. The van der Waals surface area contributed by atoms with Gasteiger partial charge in [0.05, 0.1) is 36.2 Å². The van der Waals surface area contributed by atoms with E-state index in [0.717, 1.165) is 49.5 Å². The number of nitrogens with one attached hydrogen (secondary N) is 3. The molecule has 1 aromatic heterocycles. The maximum atomic E-state index is 12.9. The maximum Gasteiger partial charge on any atom is 0.319 e. The van der Waals surface area contributed by atoms with Gasteiger partial charge in [0, 0.05) is 48.0 Å². The van der Waals surface area contributed by atoms with Crippen LogP contribution in [-0.2, 0) is 11.3 Å². The molecule has 0 spiro atoms. The molecule has 0 radical (unpaired) electrons. The Balaban J connectivity index is 1.45. The van der Waals surface area contributed by atoms with Crippen molar-refractivity contribution < 1.29 is 19.0 Å². The van der Waals surface area contributed by atoms with Crippen LogP contribution in [0.2, 0.25) is 0 Å². The number of piperidine rings is 1. The third-order valence-electron chi connectivity index (χ3n) is 6.86. The molecule has 2 aliphatic rings. The van der Waals surface area contributed by atoms with Gasteiger partial charge in [-0.25, -0.2) is 4.79 Å². The summed E-state index contributed by atoms with van der Waals surface area (Å²) in [7, 11) is 1.55. The van der Waals surface area contributed by atoms with Crippen molar-refractivity contribution in [2.24, 2.45) is 0 Å². The number of amides is 2. The largest absolute Gasteiger partial charge is 0.494 e. The lowest BCUT2D eigenvalue weighted by Crippen LogP contribution is -2.45. The molecule has 1 fully saturated rings. The third-order valence-corrected chi connectivity index (χ3v) is 6.86. The minimum Gasteiger partial charge on any atom is -0.494 e. The topological polar surface area (TPSA) is 121 Å². The molecule has 5 rings (SSSR count). The number of carbonyl (C=O) groups excluding carboxylic acids is 1. The summed E-state index contributed by atoms with van der Waals surface area (Å²) in [5.74, 6) is 1.21. The molecule has 2 aliphatic heterocycles. The van der Waals surface area contributed by atoms with Gasteiger partial charge in [-0.05, 0) is 37.6 Å². The average molecular weight is 503 g/mol. The number of likely N-dealkylation sites (tertiary alicyclic amines) is 1. The monoisotopic (exact) mass is 502 g/mol. The number of hydrogen-bond donors (Lipinski definition) is 3. The highest BCUT2D eigenvalue weighted by Crippen LogP contribution is 2.38. The first kappa shape index (κ1) is 24.6. The molecule has 0 unspecified atom stereocenters. The van der Waals surface area contributed by atoms with E-state index in [4.69, 9.17) is 14.2 Å². The van der Waals surface area contributed by atoms with Crippen LogP contribution in [-0.4, -0.2) is 55.5 Å². The van der Waals surface area contributed by atoms with Crippen LogP contribution >= 0.6 is 0 Å². The van der Waals surface area contributed by atoms with E-state index in [-0.39, 0.29) is 18.9 Å². The Bertz CT molecular complexity index is 1350. The molecule has 0 bridgehead atoms. The highest BCUT2D eigenvalue weighted by Gasteiger charge is 2.22. The summed E-state index contributed by atoms with van der Waals surface area (Å²) in [4.78, 5) is 19.7. The van der Waals surface area contributed by atoms with Crippen molar-refractivity contribution in [3.63, 3.8) is 0 Å². The summed E-state index contributed by atoms with van der Waals surface area (Å²) in [6.07, 6.45) is 3.35. The van der Waals surface area contributed by atoms with Crippen molar-refractivity contribution >= 4 is 34.0 Å². The van der Waals surface area contributed by atoms with E-state index in [2.05, 4.69) is 38.8 Å². The van der Waals surface area contributed by atoms with Crippen molar-refractivity contribution in [3.05, 3.63) is 47.7 Å². The lowest BCUT2D eigenvalue weighted by molar-refractivity contribution is -0.0159. The molecule has 2 amide bonds. The van der Waals surface area contributed by atoms with Crippen molar-refractivity contribution in [1.82, 2.24) is 15.2 Å². The van der Waals surface area contributed by atoms with Gasteiger partial charge in [-0.1, -0.05) is 13.0 Å². The first-order valence-corrected chi connectivity index (χ1v) is 12.4. The van der Waals surface area contributed by atoms with Crippen molar-refractivity contribution in [1.29, 1.82) is 5.26 Å². The second kappa shape index (κ2) is 10.9. The van der Waals surface area contributed by atoms with E-state index in [0.29, 0.717) is 40.2 Å². The predicted molar refractivity (Wildman–Crippen MR) is 140 cm³/mol. The number of urea groups is 1. The average Bonchev–Trinajstić information content (AvgIpc) is 2.93. The highest BCUT2D eigenvalue weighted by atomic mass is 16.7. The molecule has 0 aliphatic carbocycles. The Morgan fingerprint density at radius 3 is 2.86 bits per heavy atom. The standard InChI is InChI=1S/C27H30N6O4/c1-3-33-9-7-18(8-10-33)30-27(34)32-23-11-19-22(12-25(23)35-2)29-14-17(13-28)26(19)31-21-5-4-6-24-20(21)15-36-16-37-24/h4-6,11-12,14,18H,3,7-10,15-16H2,1-2H3,(H,29,31)(H2,30,32,34). The van der Waals surface area contributed by atoms with Crippen LogP contribution in [0.5, 0.6) is 11.5 Å². The summed E-state index contributed by atoms with van der Waals surface area (Å²) in [6.45, 7) is 5.70. The zero-order valence-electron chi connectivity index (χ0n) is 21.0. The van der Waals surface area contributed by atoms with Gasteiger partial charge >= 0.3 is 6.03 Å². The van der Waals surface area contributed by atoms with Crippen LogP contribution in [0.1, 0.15) is 30.9 Å². The fourth-order valence-corrected chi connectivity index (χ4v) is 4.79. The lowest BCUT2D eigenvalue weighted by Gasteiger charge is -2.31. The SMILES string of the molecule is CCN1CCC(NC(=O)Nc2cc3c(Nc4cccc5c4COCO5)c(C#N)cnc3cc2OC)CC1. The van der Waals surface area contributed by atoms with Gasteiger partial charge in [-0.15, -0.1) is 0 Å². The molecule has 3 N–H and O–H groups in total. The van der Waals surface area contributed by atoms with Crippen molar-refractivity contribution in [3.8, 4) is 17.6 Å². The molecular weight excluding hydrogens is 472 g/mol. The minimum absolute atomic E-state index is 0.118. The number of carbonyl (C=O) groups is 1. The number of methoxy groups -OCH3 is 1. The van der Waals surface area contributed by atoms with Crippen LogP contribution in [0.3, 0.4) is 0 Å². The summed E-state index contributed by atoms with van der Waals surface area (Å²) in [5.41, 5.74) is 3.68. The van der Waals surface area contributed by atoms with Gasteiger partial charge in [-0.3, -0.25) is 4.98 Å². The zero-order valence-corrected chi connectivity index (χ0v) is 21.0. The molecule has 3 aromatic rings. The second-order valence-corrected chi connectivity index (χ2v) is 9.05. The number of benzene rings is 2. The first-order valence-electron chi connectivity index (χ1n) is 12.4. The van der Waals surface area contributed by atoms with E-state index < -0.39 is 0 Å². The second-order valence-electron chi connectivity index (χ2n) is 9.05. The third kappa shape index (κ3) is 5.23. The Labute approximate surface area is 215 Å². The zero-order chi connectivity index (χ0) is 25.8. The number of ether oxygens (including phenoxy) is 3. The predicted octanol–water partition coefficient (Wildman–Crippen LogP) is 4.33. The lowest BCUT2D eigenvalue weighted by atomic mass is 10.1. The van der Waals surface area contributed by atoms with Crippen LogP contribution in [0, 0.1) is 11.3 Å². The van der Waals surface area contributed by atoms with Gasteiger partial charge in [0.15, 0.2) is 6.79 Å². The van der Waals surface area contributed by atoms with Crippen molar-refractivity contribution in [2.45, 2.75) is 32.4 Å². The first-order chi connectivity index (χ1) is 18.1. The highest BCUT2D eigenvalue weighted by molar-refractivity contribution is 6.02. The van der Waals surface area contributed by atoms with Crippen LogP contribution in [0.25, 0.3) is 10.9 Å². The molecule has 37 heavy (non-hydrogen) atoms. The number of hydrogen-bond acceptors (Lipinski definition) is 8. The number of nitriles is 1. The van der Waals surface area contributed by atoms with Gasteiger partial charge in [0.25, 0.3) is 0 Å². The van der Waals surface area contributed by atoms with Gasteiger partial charge in [0.2, 0.25) is 0 Å². The molecule has 2 aromatic carbocycles. The smallest absolute Gasteiger partial charge is 0.319 e. The summed E-state index contributed by atoms with van der Waals surface area (Å²) in [5, 5.41) is 19.9. The minimum atomic E-state index is -0.294. The molecule has 192 valence electrons. The number of anilines is 3. The van der Waals surface area contributed by atoms with E-state index in [9.17, 15) is 10.1 Å². The number of rotatable bonds is 6. The molecular formula is C27H30N6O4. The number of fused-ring (bicyclic) bond motifs is 2. The number of nitrogens with zero attached hydrogens (tertiary/aromatic N) is 3. The Kier molecular flexibility index (Phi) is 7.25. The van der Waals surface area contributed by atoms with E-state index in [1.807, 2.05) is 18.2 Å². The normalized spacial score (nSPS) is 15.8. The Morgan fingerprint density at radius 1 is 1.27 bits per heavy atom. The van der Waals surface area contributed by atoms with Gasteiger partial charge < -0.3 is 35.1 Å². The molecule has 0 saturated carbocycles. The van der Waals surface area contributed by atoms with Crippen LogP contribution in [0.4, 0.5) is 21.9 Å². The van der Waals surface area contributed by atoms with Crippen molar-refractivity contribution in [2.75, 3.05) is 44.2 Å². The molecule has 10 nitrogen and oxygen atoms in total. The van der Waals surface area contributed by atoms with E-state index in [1.54, 1.807) is 19.2 Å². The van der Waals surface area contributed by atoms with Gasteiger partial charge in [0.1, 0.15) is 17.6 Å². The number of pyridine rings is 1. The number of aromatic nitrogens is 1. The summed E-state index contributed by atoms with van der Waals surface area (Å²) >= 11 is 0. The van der Waals surface area contributed by atoms with E-state index >= 15 is 0 Å². The molecule has 3 heterocycles. The maximum absolute atomic E-state index is 12.9. The molecule has 10 heteroatoms. The molecule has 1 saturated heterocycles. The Hall–Kier alpha value is -4.07.